The average Bonchev–Trinajstić information content (AvgIpc) is 2.13. The molecule has 0 aliphatic rings. The van der Waals surface area contributed by atoms with Gasteiger partial charge in [0.25, 0.3) is 0 Å². The van der Waals surface area contributed by atoms with Crippen LogP contribution in [0.1, 0.15) is 40.5 Å². The molecule has 0 aromatic rings. The molecule has 0 atom stereocenters. The Balaban J connectivity index is 5.20. The topological polar surface area (TPSA) is 57.6 Å². The van der Waals surface area contributed by atoms with Crippen LogP contribution in [-0.2, 0) is 9.59 Å². The van der Waals surface area contributed by atoms with Gasteiger partial charge in [-0.1, -0.05) is 27.7 Å². The third kappa shape index (κ3) is 3.51. The van der Waals surface area contributed by atoms with Crippen molar-refractivity contribution in [2.75, 3.05) is 7.05 Å². The summed E-state index contributed by atoms with van der Waals surface area (Å²) in [4.78, 5) is 23.7. The van der Waals surface area contributed by atoms with E-state index in [1.165, 1.54) is 4.90 Å². The second-order valence-electron chi connectivity index (χ2n) is 5.25. The molecule has 1 N–H and O–H groups in total. The summed E-state index contributed by atoms with van der Waals surface area (Å²) in [7, 11) is 1.55. The summed E-state index contributed by atoms with van der Waals surface area (Å²) in [6.45, 7) is 7.88. The number of carboxylic acids is 1. The zero-order valence-corrected chi connectivity index (χ0v) is 10.9. The monoisotopic (exact) mass is 229 g/mol. The minimum Gasteiger partial charge on any atom is -0.479 e. The van der Waals surface area contributed by atoms with E-state index in [2.05, 4.69) is 0 Å². The molecule has 0 spiro atoms. The third-order valence-corrected chi connectivity index (χ3v) is 2.72. The first-order valence-electron chi connectivity index (χ1n) is 5.68. The summed E-state index contributed by atoms with van der Waals surface area (Å²) >= 11 is 0. The van der Waals surface area contributed by atoms with Crippen LogP contribution in [0.4, 0.5) is 0 Å². The Morgan fingerprint density at radius 2 is 1.62 bits per heavy atom. The van der Waals surface area contributed by atoms with Crippen LogP contribution in [0.15, 0.2) is 0 Å². The molecule has 0 rings (SSSR count). The molecule has 94 valence electrons. The van der Waals surface area contributed by atoms with Crippen LogP contribution < -0.4 is 0 Å². The van der Waals surface area contributed by atoms with Crippen LogP contribution >= 0.6 is 0 Å². The highest BCUT2D eigenvalue weighted by molar-refractivity contribution is 5.81. The molecule has 0 heterocycles. The van der Waals surface area contributed by atoms with Crippen molar-refractivity contribution in [2.45, 2.75) is 46.1 Å². The van der Waals surface area contributed by atoms with Crippen molar-refractivity contribution in [3.63, 3.8) is 0 Å². The summed E-state index contributed by atoms with van der Waals surface area (Å²) in [5, 5.41) is 9.42. The number of rotatable bonds is 7. The van der Waals surface area contributed by atoms with E-state index in [0.717, 1.165) is 0 Å². The maximum absolute atomic E-state index is 11.5. The lowest BCUT2D eigenvalue weighted by Gasteiger charge is -2.38. The maximum atomic E-state index is 11.5. The molecule has 1 amide bonds. The minimum atomic E-state index is -1.07. The lowest BCUT2D eigenvalue weighted by molar-refractivity contribution is -0.156. The second kappa shape index (κ2) is 5.87. The first-order chi connectivity index (χ1) is 7.26. The van der Waals surface area contributed by atoms with Crippen molar-refractivity contribution in [1.82, 2.24) is 4.90 Å². The normalized spacial score (nSPS) is 11.9. The van der Waals surface area contributed by atoms with Crippen LogP contribution in [0.2, 0.25) is 0 Å². The zero-order valence-electron chi connectivity index (χ0n) is 10.9. The Labute approximate surface area is 97.6 Å². The molecule has 0 aliphatic carbocycles. The fraction of sp³-hybridized carbons (Fsp3) is 0.833. The molecule has 0 fully saturated rings. The van der Waals surface area contributed by atoms with Crippen molar-refractivity contribution in [2.24, 2.45) is 11.8 Å². The van der Waals surface area contributed by atoms with Gasteiger partial charge in [-0.2, -0.15) is 0 Å². The van der Waals surface area contributed by atoms with E-state index in [4.69, 9.17) is 0 Å². The Bertz CT molecular complexity index is 239. The van der Waals surface area contributed by atoms with E-state index < -0.39 is 11.5 Å². The fourth-order valence-corrected chi connectivity index (χ4v) is 2.15. The van der Waals surface area contributed by atoms with Gasteiger partial charge in [0.1, 0.15) is 5.54 Å². The first-order valence-corrected chi connectivity index (χ1v) is 5.68. The number of likely N-dealkylation sites (N-methyl/N-ethyl adjacent to an activating group) is 1. The predicted octanol–water partition coefficient (Wildman–Crippen LogP) is 1.99. The van der Waals surface area contributed by atoms with Gasteiger partial charge in [0.2, 0.25) is 6.41 Å². The van der Waals surface area contributed by atoms with Gasteiger partial charge in [0.15, 0.2) is 0 Å². The molecule has 0 bridgehead atoms. The molecule has 0 aromatic heterocycles. The number of carboxylic acid groups (broad SMARTS) is 1. The van der Waals surface area contributed by atoms with Gasteiger partial charge < -0.3 is 10.0 Å². The first kappa shape index (κ1) is 14.9. The summed E-state index contributed by atoms with van der Waals surface area (Å²) in [6.07, 6.45) is 1.57. The molecule has 0 saturated carbocycles. The van der Waals surface area contributed by atoms with Gasteiger partial charge in [-0.3, -0.25) is 4.79 Å². The van der Waals surface area contributed by atoms with Gasteiger partial charge in [0.05, 0.1) is 0 Å². The zero-order chi connectivity index (χ0) is 12.9. The molecule has 16 heavy (non-hydrogen) atoms. The van der Waals surface area contributed by atoms with Crippen LogP contribution in [0, 0.1) is 11.8 Å². The second-order valence-corrected chi connectivity index (χ2v) is 5.25. The molecule has 4 heteroatoms. The van der Waals surface area contributed by atoms with E-state index in [1.54, 1.807) is 7.05 Å². The highest BCUT2D eigenvalue weighted by Gasteiger charge is 2.43. The lowest BCUT2D eigenvalue weighted by atomic mass is 9.81. The molecule has 0 unspecified atom stereocenters. The van der Waals surface area contributed by atoms with Gasteiger partial charge in [-0.25, -0.2) is 4.79 Å². The molecule has 0 aromatic carbocycles. The highest BCUT2D eigenvalue weighted by atomic mass is 16.4. The Morgan fingerprint density at radius 3 is 1.81 bits per heavy atom. The summed E-state index contributed by atoms with van der Waals surface area (Å²) < 4.78 is 0. The Hall–Kier alpha value is -1.06. The fourth-order valence-electron chi connectivity index (χ4n) is 2.15. The van der Waals surface area contributed by atoms with E-state index >= 15 is 0 Å². The number of hydrogen-bond donors (Lipinski definition) is 1. The number of hydrogen-bond acceptors (Lipinski definition) is 2. The smallest absolute Gasteiger partial charge is 0.329 e. The third-order valence-electron chi connectivity index (χ3n) is 2.72. The van der Waals surface area contributed by atoms with Crippen molar-refractivity contribution in [3.05, 3.63) is 0 Å². The molecular weight excluding hydrogens is 206 g/mol. The van der Waals surface area contributed by atoms with Crippen molar-refractivity contribution >= 4 is 12.4 Å². The number of aliphatic carboxylic acids is 1. The lowest BCUT2D eigenvalue weighted by Crippen LogP contribution is -2.54. The van der Waals surface area contributed by atoms with Gasteiger partial charge in [0, 0.05) is 7.05 Å². The number of amides is 1. The molecule has 0 aliphatic heterocycles. The molecular formula is C12H23NO3. The SMILES string of the molecule is CC(C)CC(CC(C)C)(C(=O)O)N(C)C=O. The highest BCUT2D eigenvalue weighted by Crippen LogP contribution is 2.30. The standard InChI is InChI=1S/C12H23NO3/c1-9(2)6-12(11(15)16,7-10(3)4)13(5)8-14/h8-10H,6-7H2,1-5H3,(H,15,16). The van der Waals surface area contributed by atoms with Gasteiger partial charge >= 0.3 is 5.97 Å². The molecule has 4 nitrogen and oxygen atoms in total. The molecule has 0 saturated heterocycles. The van der Waals surface area contributed by atoms with Gasteiger partial charge in [-0.05, 0) is 24.7 Å². The van der Waals surface area contributed by atoms with E-state index in [9.17, 15) is 14.7 Å². The average molecular weight is 229 g/mol. The Morgan fingerprint density at radius 1 is 1.25 bits per heavy atom. The van der Waals surface area contributed by atoms with Crippen molar-refractivity contribution in [1.29, 1.82) is 0 Å². The van der Waals surface area contributed by atoms with E-state index in [-0.39, 0.29) is 11.8 Å². The van der Waals surface area contributed by atoms with Crippen molar-refractivity contribution in [3.8, 4) is 0 Å². The van der Waals surface area contributed by atoms with E-state index in [0.29, 0.717) is 19.3 Å². The summed E-state index contributed by atoms with van der Waals surface area (Å²) in [6, 6.07) is 0. The van der Waals surface area contributed by atoms with Crippen molar-refractivity contribution < 1.29 is 14.7 Å². The predicted molar refractivity (Wildman–Crippen MR) is 63.1 cm³/mol. The summed E-state index contributed by atoms with van der Waals surface area (Å²) in [5.41, 5.74) is -1.07. The van der Waals surface area contributed by atoms with Crippen LogP contribution in [0.5, 0.6) is 0 Å². The van der Waals surface area contributed by atoms with Crippen LogP contribution in [-0.4, -0.2) is 35.0 Å². The van der Waals surface area contributed by atoms with Gasteiger partial charge in [-0.15, -0.1) is 0 Å². The van der Waals surface area contributed by atoms with Crippen LogP contribution in [0.25, 0.3) is 0 Å². The summed E-state index contributed by atoms with van der Waals surface area (Å²) in [5.74, 6) is -0.445. The quantitative estimate of drug-likeness (QED) is 0.679. The largest absolute Gasteiger partial charge is 0.479 e. The van der Waals surface area contributed by atoms with E-state index in [1.807, 2.05) is 27.7 Å². The molecule has 0 radical (unpaired) electrons. The van der Waals surface area contributed by atoms with Crippen LogP contribution in [0.3, 0.4) is 0 Å². The number of nitrogens with zero attached hydrogens (tertiary/aromatic N) is 1. The maximum Gasteiger partial charge on any atom is 0.329 e. The number of carbonyl (C=O) groups is 2. The Kier molecular flexibility index (Phi) is 5.48. The number of carbonyl (C=O) groups excluding carboxylic acids is 1. The minimum absolute atomic E-state index is 0.234.